The molecule has 5 nitrogen and oxygen atoms in total. The van der Waals surface area contributed by atoms with Crippen LogP contribution in [-0.2, 0) is 13.0 Å². The maximum atomic E-state index is 13.2. The fourth-order valence-corrected chi connectivity index (χ4v) is 4.35. The van der Waals surface area contributed by atoms with Gasteiger partial charge in [0.15, 0.2) is 0 Å². The summed E-state index contributed by atoms with van der Waals surface area (Å²) in [5.74, 6) is 0.457. The zero-order valence-electron chi connectivity index (χ0n) is 21.2. The number of halogens is 1. The number of para-hydroxylation sites is 1. The van der Waals surface area contributed by atoms with Gasteiger partial charge in [0.25, 0.3) is 5.91 Å². The Morgan fingerprint density at radius 2 is 1.72 bits per heavy atom. The van der Waals surface area contributed by atoms with Gasteiger partial charge in [-0.3, -0.25) is 4.79 Å². The lowest BCUT2D eigenvalue weighted by Crippen LogP contribution is -2.18. The number of fused-ring (bicyclic) bond motifs is 1. The van der Waals surface area contributed by atoms with Crippen LogP contribution in [0.25, 0.3) is 22.2 Å². The van der Waals surface area contributed by atoms with Crippen LogP contribution >= 0.6 is 11.6 Å². The van der Waals surface area contributed by atoms with Gasteiger partial charge in [0, 0.05) is 16.0 Å². The molecule has 0 fully saturated rings. The summed E-state index contributed by atoms with van der Waals surface area (Å²) in [5.41, 5.74) is 8.43. The van der Waals surface area contributed by atoms with Crippen LogP contribution in [0.2, 0.25) is 5.02 Å². The molecule has 0 saturated carbocycles. The molecule has 39 heavy (non-hydrogen) atoms. The molecular formula is C33H26ClN3O2. The van der Waals surface area contributed by atoms with E-state index in [0.29, 0.717) is 23.6 Å². The normalized spacial score (nSPS) is 11.0. The summed E-state index contributed by atoms with van der Waals surface area (Å²) in [6.07, 6.45) is 4.08. The van der Waals surface area contributed by atoms with Crippen LogP contribution in [0.15, 0.2) is 121 Å². The predicted molar refractivity (Wildman–Crippen MR) is 158 cm³/mol. The Balaban J connectivity index is 1.33. The number of amides is 1. The minimum Gasteiger partial charge on any atom is -0.489 e. The third kappa shape index (κ3) is 6.40. The highest BCUT2D eigenvalue weighted by Gasteiger charge is 2.13. The van der Waals surface area contributed by atoms with Crippen LogP contribution in [0.3, 0.4) is 0 Å². The number of pyridine rings is 1. The van der Waals surface area contributed by atoms with Crippen LogP contribution in [0, 0.1) is 0 Å². The number of nitrogens with zero attached hydrogens (tertiary/aromatic N) is 2. The summed E-state index contributed by atoms with van der Waals surface area (Å²) in [6, 6.07) is 32.5. The highest BCUT2D eigenvalue weighted by molar-refractivity contribution is 6.30. The Kier molecular flexibility index (Phi) is 8.10. The first kappa shape index (κ1) is 25.9. The highest BCUT2D eigenvalue weighted by Crippen LogP contribution is 2.25. The Morgan fingerprint density at radius 3 is 2.51 bits per heavy atom. The largest absolute Gasteiger partial charge is 0.489 e. The van der Waals surface area contributed by atoms with E-state index >= 15 is 0 Å². The van der Waals surface area contributed by atoms with E-state index in [4.69, 9.17) is 21.3 Å². The first-order valence-electron chi connectivity index (χ1n) is 12.5. The van der Waals surface area contributed by atoms with E-state index in [0.717, 1.165) is 44.6 Å². The minimum absolute atomic E-state index is 0.309. The number of rotatable bonds is 9. The molecule has 0 atom stereocenters. The van der Waals surface area contributed by atoms with E-state index in [1.807, 2.05) is 103 Å². The van der Waals surface area contributed by atoms with Crippen LogP contribution in [0.4, 0.5) is 0 Å². The standard InChI is InChI=1S/C33H26ClN3O2/c1-2-8-26-19-24(15-18-32(26)39-22-23-13-16-27(34)17-14-23)21-35-37-33(38)29-20-31(25-9-4-3-5-10-25)36-30-12-7-6-11-28(29)30/h2-7,9-21H,1,8,22H2,(H,37,38)/b35-21+. The number of benzene rings is 4. The monoisotopic (exact) mass is 531 g/mol. The minimum atomic E-state index is -0.309. The molecule has 1 amide bonds. The topological polar surface area (TPSA) is 63.6 Å². The van der Waals surface area contributed by atoms with Crippen molar-refractivity contribution < 1.29 is 9.53 Å². The highest BCUT2D eigenvalue weighted by atomic mass is 35.5. The summed E-state index contributed by atoms with van der Waals surface area (Å²) >= 11 is 5.97. The third-order valence-electron chi connectivity index (χ3n) is 6.17. The molecule has 0 unspecified atom stereocenters. The van der Waals surface area contributed by atoms with Gasteiger partial charge in [0.05, 0.1) is 23.0 Å². The Morgan fingerprint density at radius 1 is 0.949 bits per heavy atom. The second-order valence-electron chi connectivity index (χ2n) is 8.91. The fourth-order valence-electron chi connectivity index (χ4n) is 4.22. The molecule has 0 aliphatic heterocycles. The van der Waals surface area contributed by atoms with E-state index in [1.54, 1.807) is 12.3 Å². The zero-order valence-corrected chi connectivity index (χ0v) is 21.9. The van der Waals surface area contributed by atoms with Gasteiger partial charge in [0.2, 0.25) is 0 Å². The van der Waals surface area contributed by atoms with E-state index < -0.39 is 0 Å². The fraction of sp³-hybridized carbons (Fsp3) is 0.0606. The van der Waals surface area contributed by atoms with Crippen molar-refractivity contribution in [2.75, 3.05) is 0 Å². The molecule has 0 radical (unpaired) electrons. The smallest absolute Gasteiger partial charge is 0.272 e. The summed E-state index contributed by atoms with van der Waals surface area (Å²) in [6.45, 7) is 4.29. The summed E-state index contributed by atoms with van der Waals surface area (Å²) in [4.78, 5) is 17.9. The maximum Gasteiger partial charge on any atom is 0.272 e. The van der Waals surface area contributed by atoms with Crippen molar-refractivity contribution in [3.05, 3.63) is 143 Å². The van der Waals surface area contributed by atoms with Gasteiger partial charge in [-0.05, 0) is 65.6 Å². The van der Waals surface area contributed by atoms with Crippen molar-refractivity contribution >= 4 is 34.6 Å². The first-order valence-corrected chi connectivity index (χ1v) is 12.9. The molecule has 0 bridgehead atoms. The van der Waals surface area contributed by atoms with Gasteiger partial charge in [-0.25, -0.2) is 10.4 Å². The molecule has 0 spiro atoms. The van der Waals surface area contributed by atoms with Gasteiger partial charge >= 0.3 is 0 Å². The van der Waals surface area contributed by atoms with Crippen molar-refractivity contribution in [2.24, 2.45) is 5.10 Å². The molecule has 1 N–H and O–H groups in total. The third-order valence-corrected chi connectivity index (χ3v) is 6.42. The van der Waals surface area contributed by atoms with Crippen molar-refractivity contribution in [3.8, 4) is 17.0 Å². The van der Waals surface area contributed by atoms with Gasteiger partial charge in [-0.1, -0.05) is 78.3 Å². The van der Waals surface area contributed by atoms with E-state index in [9.17, 15) is 4.79 Å². The molecule has 5 aromatic rings. The number of hydrogen-bond acceptors (Lipinski definition) is 4. The molecule has 0 saturated heterocycles. The summed E-state index contributed by atoms with van der Waals surface area (Å²) in [7, 11) is 0. The molecule has 4 aromatic carbocycles. The van der Waals surface area contributed by atoms with E-state index in [1.165, 1.54) is 0 Å². The number of hydrazone groups is 1. The quantitative estimate of drug-likeness (QED) is 0.121. The molecule has 5 rings (SSSR count). The second kappa shape index (κ2) is 12.2. The molecule has 192 valence electrons. The van der Waals surface area contributed by atoms with Crippen LogP contribution in [0.5, 0.6) is 5.75 Å². The Hall–Kier alpha value is -4.74. The van der Waals surface area contributed by atoms with E-state index in [2.05, 4.69) is 17.1 Å². The zero-order chi connectivity index (χ0) is 27.0. The predicted octanol–water partition coefficient (Wildman–Crippen LogP) is 7.63. The average Bonchev–Trinajstić information content (AvgIpc) is 2.97. The second-order valence-corrected chi connectivity index (χ2v) is 9.35. The molecule has 0 aliphatic carbocycles. The van der Waals surface area contributed by atoms with Gasteiger partial charge in [-0.2, -0.15) is 5.10 Å². The average molecular weight is 532 g/mol. The molecular weight excluding hydrogens is 506 g/mol. The van der Waals surface area contributed by atoms with Crippen LogP contribution in [0.1, 0.15) is 27.0 Å². The molecule has 1 heterocycles. The number of ether oxygens (including phenoxy) is 1. The molecule has 1 aromatic heterocycles. The van der Waals surface area contributed by atoms with Gasteiger partial charge in [-0.15, -0.1) is 6.58 Å². The number of carbonyl (C=O) groups is 1. The van der Waals surface area contributed by atoms with Crippen molar-refractivity contribution in [3.63, 3.8) is 0 Å². The van der Waals surface area contributed by atoms with E-state index in [-0.39, 0.29) is 5.91 Å². The lowest BCUT2D eigenvalue weighted by Gasteiger charge is -2.12. The lowest BCUT2D eigenvalue weighted by atomic mass is 10.0. The summed E-state index contributed by atoms with van der Waals surface area (Å²) < 4.78 is 6.05. The Labute approximate surface area is 232 Å². The van der Waals surface area contributed by atoms with Crippen LogP contribution < -0.4 is 10.2 Å². The van der Waals surface area contributed by atoms with Crippen molar-refractivity contribution in [1.29, 1.82) is 0 Å². The lowest BCUT2D eigenvalue weighted by molar-refractivity contribution is 0.0956. The van der Waals surface area contributed by atoms with Crippen molar-refractivity contribution in [2.45, 2.75) is 13.0 Å². The Bertz CT molecular complexity index is 1650. The molecule has 6 heteroatoms. The number of hydrogen-bond donors (Lipinski definition) is 1. The number of aromatic nitrogens is 1. The first-order chi connectivity index (χ1) is 19.1. The van der Waals surface area contributed by atoms with Gasteiger partial charge < -0.3 is 4.74 Å². The van der Waals surface area contributed by atoms with Crippen LogP contribution in [-0.4, -0.2) is 17.1 Å². The SMILES string of the molecule is C=CCc1cc(/C=N/NC(=O)c2cc(-c3ccccc3)nc3ccccc23)ccc1OCc1ccc(Cl)cc1. The number of nitrogens with one attached hydrogen (secondary N) is 1. The van der Waals surface area contributed by atoms with Gasteiger partial charge in [0.1, 0.15) is 12.4 Å². The maximum absolute atomic E-state index is 13.2. The van der Waals surface area contributed by atoms with Crippen molar-refractivity contribution in [1.82, 2.24) is 10.4 Å². The number of carbonyl (C=O) groups excluding carboxylic acids is 1. The number of allylic oxidation sites excluding steroid dienone is 1. The molecule has 0 aliphatic rings. The summed E-state index contributed by atoms with van der Waals surface area (Å²) in [5, 5.41) is 5.69.